The maximum absolute atomic E-state index is 14.2. The quantitative estimate of drug-likeness (QED) is 0.265. The van der Waals surface area contributed by atoms with E-state index in [1.54, 1.807) is 32.2 Å². The summed E-state index contributed by atoms with van der Waals surface area (Å²) in [4.78, 5) is 1.87. The van der Waals surface area contributed by atoms with Gasteiger partial charge < -0.3 is 9.64 Å². The molecule has 0 aliphatic carbocycles. The second-order valence-corrected chi connectivity index (χ2v) is 10.2. The first-order chi connectivity index (χ1) is 14.6. The van der Waals surface area contributed by atoms with Gasteiger partial charge in [-0.2, -0.15) is 0 Å². The highest BCUT2D eigenvalue weighted by Gasteiger charge is 2.29. The summed E-state index contributed by atoms with van der Waals surface area (Å²) in [5, 5.41) is 9.82. The van der Waals surface area contributed by atoms with Crippen LogP contribution in [0.1, 0.15) is 49.9 Å². The molecule has 1 N–H and O–H groups in total. The zero-order chi connectivity index (χ0) is 23.2. The SMILES string of the molecule is C#CCN(C(=N)SC(C)(C)Cc1ccc(OC)cc1Cl)C(CC)c1ccc(C)c(F)c1. The molecular formula is C25H30ClFN2OS. The minimum Gasteiger partial charge on any atom is -0.497 e. The minimum absolute atomic E-state index is 0.175. The fourth-order valence-corrected chi connectivity index (χ4v) is 4.79. The molecule has 2 aromatic carbocycles. The molecule has 0 bridgehead atoms. The van der Waals surface area contributed by atoms with Crippen molar-refractivity contribution in [2.24, 2.45) is 0 Å². The van der Waals surface area contributed by atoms with Crippen LogP contribution in [0.15, 0.2) is 36.4 Å². The van der Waals surface area contributed by atoms with E-state index in [4.69, 9.17) is 28.2 Å². The number of rotatable bonds is 8. The Labute approximate surface area is 194 Å². The first-order valence-corrected chi connectivity index (χ1v) is 11.4. The summed E-state index contributed by atoms with van der Waals surface area (Å²) in [6, 6.07) is 10.7. The molecule has 0 amide bonds. The van der Waals surface area contributed by atoms with Gasteiger partial charge in [-0.3, -0.25) is 5.41 Å². The average molecular weight is 461 g/mol. The van der Waals surface area contributed by atoms with Crippen LogP contribution in [-0.2, 0) is 6.42 Å². The Morgan fingerprint density at radius 3 is 2.58 bits per heavy atom. The zero-order valence-electron chi connectivity index (χ0n) is 18.8. The van der Waals surface area contributed by atoms with Crippen LogP contribution < -0.4 is 4.74 Å². The molecule has 166 valence electrons. The fourth-order valence-electron chi connectivity index (χ4n) is 3.49. The number of terminal acetylenes is 1. The van der Waals surface area contributed by atoms with Crippen LogP contribution >= 0.6 is 23.4 Å². The molecule has 6 heteroatoms. The first kappa shape index (κ1) is 25.1. The van der Waals surface area contributed by atoms with E-state index < -0.39 is 0 Å². The summed E-state index contributed by atoms with van der Waals surface area (Å²) in [5.41, 5.74) is 2.41. The van der Waals surface area contributed by atoms with Crippen LogP contribution in [0.3, 0.4) is 0 Å². The molecule has 2 rings (SSSR count). The summed E-state index contributed by atoms with van der Waals surface area (Å²) in [5.74, 6) is 3.13. The third kappa shape index (κ3) is 6.66. The van der Waals surface area contributed by atoms with Gasteiger partial charge in [0.25, 0.3) is 0 Å². The number of thioether (sulfide) groups is 1. The maximum Gasteiger partial charge on any atom is 0.158 e. The van der Waals surface area contributed by atoms with Gasteiger partial charge in [0, 0.05) is 9.77 Å². The van der Waals surface area contributed by atoms with Crippen LogP contribution in [-0.4, -0.2) is 28.5 Å². The molecular weight excluding hydrogens is 431 g/mol. The number of aryl methyl sites for hydroxylation is 1. The number of nitrogens with one attached hydrogen (secondary N) is 1. The normalized spacial score (nSPS) is 12.2. The fraction of sp³-hybridized carbons (Fsp3) is 0.400. The number of benzene rings is 2. The Hall–Kier alpha value is -2.16. The first-order valence-electron chi connectivity index (χ1n) is 10.2. The molecule has 0 saturated carbocycles. The van der Waals surface area contributed by atoms with E-state index in [9.17, 15) is 4.39 Å². The monoisotopic (exact) mass is 460 g/mol. The van der Waals surface area contributed by atoms with Crippen LogP contribution in [0.5, 0.6) is 5.75 Å². The van der Waals surface area contributed by atoms with E-state index in [0.29, 0.717) is 34.3 Å². The number of ether oxygens (including phenoxy) is 1. The van der Waals surface area contributed by atoms with Gasteiger partial charge in [-0.1, -0.05) is 54.4 Å². The van der Waals surface area contributed by atoms with Crippen molar-refractivity contribution in [3.05, 3.63) is 63.9 Å². The van der Waals surface area contributed by atoms with Crippen molar-refractivity contribution < 1.29 is 9.13 Å². The van der Waals surface area contributed by atoms with Crippen molar-refractivity contribution in [3.63, 3.8) is 0 Å². The molecule has 0 aliphatic rings. The third-order valence-electron chi connectivity index (χ3n) is 5.12. The van der Waals surface area contributed by atoms with Crippen LogP contribution in [0.2, 0.25) is 5.02 Å². The number of methoxy groups -OCH3 is 1. The van der Waals surface area contributed by atoms with Gasteiger partial charge in [-0.25, -0.2) is 4.39 Å². The van der Waals surface area contributed by atoms with Gasteiger partial charge in [0.05, 0.1) is 19.7 Å². The van der Waals surface area contributed by atoms with E-state index in [1.807, 2.05) is 30.0 Å². The standard InChI is InChI=1S/C25H30ClFN2OS/c1-7-13-29(23(8-2)18-10-9-17(3)22(27)14-18)24(28)31-25(4,5)16-19-11-12-20(30-6)15-21(19)26/h1,9-12,14-15,23,28H,8,13,16H2,2-6H3. The highest BCUT2D eigenvalue weighted by Crippen LogP contribution is 2.36. The summed E-state index contributed by atoms with van der Waals surface area (Å²) in [6.07, 6.45) is 7.00. The molecule has 0 spiro atoms. The van der Waals surface area contributed by atoms with Gasteiger partial charge in [0.15, 0.2) is 5.17 Å². The van der Waals surface area contributed by atoms with E-state index in [1.165, 1.54) is 11.8 Å². The smallest absolute Gasteiger partial charge is 0.158 e. The lowest BCUT2D eigenvalue weighted by Gasteiger charge is -2.35. The van der Waals surface area contributed by atoms with Gasteiger partial charge in [-0.05, 0) is 68.5 Å². The second kappa shape index (κ2) is 10.9. The van der Waals surface area contributed by atoms with E-state index >= 15 is 0 Å². The summed E-state index contributed by atoms with van der Waals surface area (Å²) >= 11 is 7.87. The number of hydrogen-bond donors (Lipinski definition) is 1. The minimum atomic E-state index is -0.307. The number of amidine groups is 1. The molecule has 0 aromatic heterocycles. The molecule has 0 heterocycles. The Morgan fingerprint density at radius 1 is 1.32 bits per heavy atom. The maximum atomic E-state index is 14.2. The summed E-state index contributed by atoms with van der Waals surface area (Å²) in [7, 11) is 1.61. The van der Waals surface area contributed by atoms with Crippen molar-refractivity contribution in [2.45, 2.75) is 51.3 Å². The number of nitrogens with zero attached hydrogens (tertiary/aromatic N) is 1. The Morgan fingerprint density at radius 2 is 2.03 bits per heavy atom. The Bertz CT molecular complexity index is 970. The molecule has 0 fully saturated rings. The van der Waals surface area contributed by atoms with Crippen molar-refractivity contribution >= 4 is 28.5 Å². The highest BCUT2D eigenvalue weighted by molar-refractivity contribution is 8.14. The van der Waals surface area contributed by atoms with E-state index in [0.717, 1.165) is 11.1 Å². The predicted octanol–water partition coefficient (Wildman–Crippen LogP) is 6.87. The molecule has 0 aliphatic heterocycles. The molecule has 31 heavy (non-hydrogen) atoms. The second-order valence-electron chi connectivity index (χ2n) is 8.07. The average Bonchev–Trinajstić information content (AvgIpc) is 2.71. The van der Waals surface area contributed by atoms with Crippen molar-refractivity contribution in [1.29, 1.82) is 5.41 Å². The lowest BCUT2D eigenvalue weighted by atomic mass is 10.0. The largest absolute Gasteiger partial charge is 0.497 e. The molecule has 3 nitrogen and oxygen atoms in total. The Kier molecular flexibility index (Phi) is 8.85. The Balaban J connectivity index is 2.23. The molecule has 2 aromatic rings. The van der Waals surface area contributed by atoms with Gasteiger partial charge in [-0.15, -0.1) is 6.42 Å². The van der Waals surface area contributed by atoms with Crippen LogP contribution in [0.4, 0.5) is 4.39 Å². The summed E-state index contributed by atoms with van der Waals surface area (Å²) in [6.45, 7) is 8.19. The van der Waals surface area contributed by atoms with Crippen LogP contribution in [0.25, 0.3) is 0 Å². The molecule has 0 radical (unpaired) electrons. The predicted molar refractivity (Wildman–Crippen MR) is 131 cm³/mol. The van der Waals surface area contributed by atoms with Crippen molar-refractivity contribution in [1.82, 2.24) is 4.90 Å². The molecule has 1 unspecified atom stereocenters. The number of hydrogen-bond acceptors (Lipinski definition) is 3. The number of halogens is 2. The lowest BCUT2D eigenvalue weighted by Crippen LogP contribution is -2.36. The van der Waals surface area contributed by atoms with Gasteiger partial charge in [0.1, 0.15) is 11.6 Å². The third-order valence-corrected chi connectivity index (χ3v) is 6.59. The van der Waals surface area contributed by atoms with Crippen molar-refractivity contribution in [3.8, 4) is 18.1 Å². The summed E-state index contributed by atoms with van der Waals surface area (Å²) < 4.78 is 19.1. The zero-order valence-corrected chi connectivity index (χ0v) is 20.3. The van der Waals surface area contributed by atoms with E-state index in [-0.39, 0.29) is 23.2 Å². The van der Waals surface area contributed by atoms with Crippen LogP contribution in [0, 0.1) is 30.5 Å². The van der Waals surface area contributed by atoms with Gasteiger partial charge in [0.2, 0.25) is 0 Å². The molecule has 0 saturated heterocycles. The van der Waals surface area contributed by atoms with Gasteiger partial charge >= 0.3 is 0 Å². The lowest BCUT2D eigenvalue weighted by molar-refractivity contribution is 0.343. The van der Waals surface area contributed by atoms with Crippen molar-refractivity contribution in [2.75, 3.05) is 13.7 Å². The topological polar surface area (TPSA) is 36.3 Å². The molecule has 1 atom stereocenters. The van der Waals surface area contributed by atoms with E-state index in [2.05, 4.69) is 19.8 Å². The highest BCUT2D eigenvalue weighted by atomic mass is 35.5.